The summed E-state index contributed by atoms with van der Waals surface area (Å²) >= 11 is 0. The minimum atomic E-state index is -1.33. The third kappa shape index (κ3) is 3.56. The Labute approximate surface area is 120 Å². The second kappa shape index (κ2) is 6.04. The normalized spacial score (nSPS) is 11.8. The molecule has 4 N–H and O–H groups in total. The maximum atomic E-state index is 12.1. The van der Waals surface area contributed by atoms with Crippen LogP contribution < -0.4 is 11.1 Å². The number of primary amides is 1. The number of carboxylic acids is 1. The van der Waals surface area contributed by atoms with Crippen LogP contribution in [0.2, 0.25) is 0 Å². The van der Waals surface area contributed by atoms with E-state index in [9.17, 15) is 14.4 Å². The second-order valence-corrected chi connectivity index (χ2v) is 4.60. The highest BCUT2D eigenvalue weighted by Crippen LogP contribution is 2.15. The van der Waals surface area contributed by atoms with E-state index in [-0.39, 0.29) is 0 Å². The molecule has 6 heteroatoms. The first-order valence-electron chi connectivity index (χ1n) is 6.28. The maximum Gasteiger partial charge on any atom is 0.326 e. The Hall–Kier alpha value is -2.89. The molecule has 21 heavy (non-hydrogen) atoms. The summed E-state index contributed by atoms with van der Waals surface area (Å²) in [4.78, 5) is 33.9. The van der Waals surface area contributed by atoms with E-state index >= 15 is 0 Å². The van der Waals surface area contributed by atoms with Crippen molar-refractivity contribution in [3.8, 4) is 0 Å². The topological polar surface area (TPSA) is 109 Å². The molecule has 0 saturated carbocycles. The smallest absolute Gasteiger partial charge is 0.326 e. The number of carboxylic acid groups (broad SMARTS) is 1. The summed E-state index contributed by atoms with van der Waals surface area (Å²) in [7, 11) is 0. The molecule has 2 aromatic carbocycles. The molecular weight excluding hydrogens is 272 g/mol. The summed E-state index contributed by atoms with van der Waals surface area (Å²) in [6.07, 6.45) is -0.450. The van der Waals surface area contributed by atoms with Crippen LogP contribution in [0.15, 0.2) is 42.5 Å². The summed E-state index contributed by atoms with van der Waals surface area (Å²) in [5.41, 5.74) is 5.29. The van der Waals surface area contributed by atoms with Gasteiger partial charge in [0.2, 0.25) is 5.91 Å². The Kier molecular flexibility index (Phi) is 4.18. The van der Waals surface area contributed by atoms with Crippen LogP contribution >= 0.6 is 0 Å². The lowest BCUT2D eigenvalue weighted by Crippen LogP contribution is -2.43. The first kappa shape index (κ1) is 14.5. The van der Waals surface area contributed by atoms with Crippen molar-refractivity contribution in [1.82, 2.24) is 5.32 Å². The Morgan fingerprint density at radius 1 is 1.10 bits per heavy atom. The average Bonchev–Trinajstić information content (AvgIpc) is 2.45. The van der Waals surface area contributed by atoms with Crippen molar-refractivity contribution in [3.63, 3.8) is 0 Å². The fourth-order valence-corrected chi connectivity index (χ4v) is 1.97. The number of nitrogens with two attached hydrogens (primary N) is 1. The van der Waals surface area contributed by atoms with Crippen LogP contribution in [-0.2, 0) is 9.59 Å². The summed E-state index contributed by atoms with van der Waals surface area (Å²) in [5, 5.41) is 13.1. The van der Waals surface area contributed by atoms with Crippen LogP contribution in [0.5, 0.6) is 0 Å². The zero-order valence-electron chi connectivity index (χ0n) is 11.1. The van der Waals surface area contributed by atoms with Gasteiger partial charge in [0.15, 0.2) is 0 Å². The zero-order chi connectivity index (χ0) is 15.4. The van der Waals surface area contributed by atoms with Crippen LogP contribution in [0, 0.1) is 0 Å². The number of carbonyl (C=O) groups excluding carboxylic acids is 2. The lowest BCUT2D eigenvalue weighted by atomic mass is 10.1. The first-order valence-corrected chi connectivity index (χ1v) is 6.28. The highest BCUT2D eigenvalue weighted by molar-refractivity contribution is 6.00. The number of benzene rings is 2. The Balaban J connectivity index is 2.20. The predicted molar refractivity (Wildman–Crippen MR) is 76.6 cm³/mol. The van der Waals surface area contributed by atoms with Gasteiger partial charge in [-0.3, -0.25) is 9.59 Å². The number of rotatable bonds is 5. The van der Waals surface area contributed by atoms with Gasteiger partial charge in [-0.05, 0) is 22.9 Å². The highest BCUT2D eigenvalue weighted by Gasteiger charge is 2.22. The van der Waals surface area contributed by atoms with Crippen molar-refractivity contribution in [3.05, 3.63) is 48.0 Å². The number of aliphatic carboxylic acids is 1. The van der Waals surface area contributed by atoms with Crippen molar-refractivity contribution in [2.75, 3.05) is 0 Å². The number of fused-ring (bicyclic) bond motifs is 1. The molecule has 0 saturated heterocycles. The third-order valence-corrected chi connectivity index (χ3v) is 3.02. The molecule has 1 atom stereocenters. The van der Waals surface area contributed by atoms with E-state index in [2.05, 4.69) is 5.32 Å². The molecule has 0 aliphatic heterocycles. The molecule has 2 amide bonds. The van der Waals surface area contributed by atoms with Crippen LogP contribution in [0.1, 0.15) is 16.8 Å². The summed E-state index contributed by atoms with van der Waals surface area (Å²) in [6, 6.07) is 11.2. The van der Waals surface area contributed by atoms with Gasteiger partial charge in [-0.1, -0.05) is 30.3 Å². The van der Waals surface area contributed by atoms with Gasteiger partial charge >= 0.3 is 5.97 Å². The highest BCUT2D eigenvalue weighted by atomic mass is 16.4. The van der Waals surface area contributed by atoms with Gasteiger partial charge in [0.1, 0.15) is 6.04 Å². The van der Waals surface area contributed by atoms with Gasteiger partial charge in [-0.2, -0.15) is 0 Å². The van der Waals surface area contributed by atoms with Crippen molar-refractivity contribution in [1.29, 1.82) is 0 Å². The minimum Gasteiger partial charge on any atom is -0.480 e. The molecule has 2 aromatic rings. The fraction of sp³-hybridized carbons (Fsp3) is 0.133. The molecule has 0 fully saturated rings. The van der Waals surface area contributed by atoms with Crippen molar-refractivity contribution < 1.29 is 19.5 Å². The van der Waals surface area contributed by atoms with Gasteiger partial charge < -0.3 is 16.2 Å². The molecule has 0 bridgehead atoms. The number of hydrogen-bond acceptors (Lipinski definition) is 3. The van der Waals surface area contributed by atoms with E-state index in [1.54, 1.807) is 18.2 Å². The van der Waals surface area contributed by atoms with E-state index in [0.29, 0.717) is 5.56 Å². The van der Waals surface area contributed by atoms with Gasteiger partial charge in [-0.25, -0.2) is 4.79 Å². The van der Waals surface area contributed by atoms with E-state index in [0.717, 1.165) is 10.8 Å². The minimum absolute atomic E-state index is 0.324. The Morgan fingerprint density at radius 2 is 1.76 bits per heavy atom. The lowest BCUT2D eigenvalue weighted by molar-refractivity contribution is -0.140. The largest absolute Gasteiger partial charge is 0.480 e. The molecule has 0 aliphatic rings. The molecule has 2 rings (SSSR count). The van der Waals surface area contributed by atoms with Gasteiger partial charge in [0, 0.05) is 5.56 Å². The van der Waals surface area contributed by atoms with E-state index < -0.39 is 30.2 Å². The number of nitrogens with one attached hydrogen (secondary N) is 1. The lowest BCUT2D eigenvalue weighted by Gasteiger charge is -2.13. The molecule has 0 radical (unpaired) electrons. The molecule has 108 valence electrons. The van der Waals surface area contributed by atoms with Crippen molar-refractivity contribution >= 4 is 28.6 Å². The summed E-state index contributed by atoms with van der Waals surface area (Å²) in [6.45, 7) is 0. The molecule has 0 aromatic heterocycles. The molecule has 1 unspecified atom stereocenters. The third-order valence-electron chi connectivity index (χ3n) is 3.02. The van der Waals surface area contributed by atoms with Crippen LogP contribution in [0.25, 0.3) is 10.8 Å². The fourth-order valence-electron chi connectivity index (χ4n) is 1.97. The van der Waals surface area contributed by atoms with Crippen molar-refractivity contribution in [2.24, 2.45) is 5.73 Å². The Bertz CT molecular complexity index is 712. The van der Waals surface area contributed by atoms with Crippen LogP contribution in [0.3, 0.4) is 0 Å². The van der Waals surface area contributed by atoms with Crippen molar-refractivity contribution in [2.45, 2.75) is 12.5 Å². The average molecular weight is 286 g/mol. The quantitative estimate of drug-likeness (QED) is 0.758. The molecule has 0 spiro atoms. The number of carbonyl (C=O) groups is 3. The standard InChI is InChI=1S/C15H14N2O4/c16-13(18)8-12(15(20)21)17-14(19)11-6-5-9-3-1-2-4-10(9)7-11/h1-7,12H,8H2,(H2,16,18)(H,17,19)(H,20,21). The molecular formula is C15H14N2O4. The van der Waals surface area contributed by atoms with E-state index in [4.69, 9.17) is 10.8 Å². The molecule has 0 aliphatic carbocycles. The zero-order valence-corrected chi connectivity index (χ0v) is 11.1. The monoisotopic (exact) mass is 286 g/mol. The molecule has 0 heterocycles. The van der Waals surface area contributed by atoms with Gasteiger partial charge in [-0.15, -0.1) is 0 Å². The Morgan fingerprint density at radius 3 is 2.38 bits per heavy atom. The molecule has 6 nitrogen and oxygen atoms in total. The summed E-state index contributed by atoms with van der Waals surface area (Å²) in [5.74, 6) is -2.65. The maximum absolute atomic E-state index is 12.1. The SMILES string of the molecule is NC(=O)CC(NC(=O)c1ccc2ccccc2c1)C(=O)O. The van der Waals surface area contributed by atoms with Crippen LogP contribution in [0.4, 0.5) is 0 Å². The number of hydrogen-bond donors (Lipinski definition) is 3. The van der Waals surface area contributed by atoms with Gasteiger partial charge in [0.25, 0.3) is 5.91 Å². The predicted octanol–water partition coefficient (Wildman–Crippen LogP) is 0.898. The number of amides is 2. The van der Waals surface area contributed by atoms with E-state index in [1.165, 1.54) is 0 Å². The summed E-state index contributed by atoms with van der Waals surface area (Å²) < 4.78 is 0. The second-order valence-electron chi connectivity index (χ2n) is 4.60. The van der Waals surface area contributed by atoms with Gasteiger partial charge in [0.05, 0.1) is 6.42 Å². The van der Waals surface area contributed by atoms with E-state index in [1.807, 2.05) is 24.3 Å². The van der Waals surface area contributed by atoms with Crippen LogP contribution in [-0.4, -0.2) is 28.9 Å². The first-order chi connectivity index (χ1) is 9.97.